The molecule has 0 saturated carbocycles. The van der Waals surface area contributed by atoms with E-state index in [1.54, 1.807) is 18.5 Å². The van der Waals surface area contributed by atoms with Gasteiger partial charge in [-0.3, -0.25) is 9.29 Å². The lowest BCUT2D eigenvalue weighted by Gasteiger charge is -2.23. The van der Waals surface area contributed by atoms with Gasteiger partial charge in [0, 0.05) is 18.4 Å². The van der Waals surface area contributed by atoms with Crippen LogP contribution in [0.5, 0.6) is 0 Å². The van der Waals surface area contributed by atoms with Crippen LogP contribution in [-0.4, -0.2) is 39.5 Å². The van der Waals surface area contributed by atoms with E-state index in [1.165, 1.54) is 30.7 Å². The van der Waals surface area contributed by atoms with Gasteiger partial charge in [0.05, 0.1) is 22.1 Å². The molecule has 6 rings (SSSR count). The van der Waals surface area contributed by atoms with Gasteiger partial charge >= 0.3 is 0 Å². The molecule has 1 unspecified atom stereocenters. The zero-order valence-corrected chi connectivity index (χ0v) is 23.9. The molecular formula is C27H21Cl2F2N7O3S. The monoisotopic (exact) mass is 631 g/mol. The predicted octanol–water partition coefficient (Wildman–Crippen LogP) is 6.72. The van der Waals surface area contributed by atoms with Crippen LogP contribution < -0.4 is 10.0 Å². The molecule has 15 heteroatoms. The Morgan fingerprint density at radius 1 is 1.00 bits per heavy atom. The molecule has 5 aromatic rings. The Bertz CT molecular complexity index is 1920. The van der Waals surface area contributed by atoms with E-state index >= 15 is 4.39 Å². The highest BCUT2D eigenvalue weighted by atomic mass is 35.5. The van der Waals surface area contributed by atoms with Gasteiger partial charge in [0.2, 0.25) is 0 Å². The molecule has 1 saturated heterocycles. The van der Waals surface area contributed by atoms with Gasteiger partial charge in [0.1, 0.15) is 46.0 Å². The first-order valence-electron chi connectivity index (χ1n) is 12.7. The number of benzene rings is 2. The van der Waals surface area contributed by atoms with Crippen LogP contribution in [0, 0.1) is 11.6 Å². The molecule has 0 spiro atoms. The lowest BCUT2D eigenvalue weighted by Crippen LogP contribution is -2.17. The summed E-state index contributed by atoms with van der Waals surface area (Å²) < 4.78 is 66.4. The molecular weight excluding hydrogens is 611 g/mol. The van der Waals surface area contributed by atoms with Gasteiger partial charge in [-0.25, -0.2) is 37.1 Å². The summed E-state index contributed by atoms with van der Waals surface area (Å²) in [6.07, 6.45) is 7.02. The molecule has 1 aliphatic heterocycles. The van der Waals surface area contributed by atoms with E-state index in [-0.39, 0.29) is 27.0 Å². The van der Waals surface area contributed by atoms with Crippen molar-refractivity contribution in [2.24, 2.45) is 0 Å². The molecule has 1 aliphatic rings. The number of ether oxygens (including phenoxy) is 1. The largest absolute Gasteiger partial charge is 0.358 e. The maximum atomic E-state index is 15.7. The Hall–Kier alpha value is -3.91. The summed E-state index contributed by atoms with van der Waals surface area (Å²) >= 11 is 12.0. The number of anilines is 3. The average Bonchev–Trinajstić information content (AvgIpc) is 3.43. The van der Waals surface area contributed by atoms with Crippen LogP contribution in [0.25, 0.3) is 22.4 Å². The fourth-order valence-electron chi connectivity index (χ4n) is 4.65. The van der Waals surface area contributed by atoms with Crippen LogP contribution in [0.4, 0.5) is 26.0 Å². The Morgan fingerprint density at radius 3 is 2.67 bits per heavy atom. The second kappa shape index (κ2) is 11.4. The topological polar surface area (TPSA) is 124 Å². The van der Waals surface area contributed by atoms with Gasteiger partial charge in [0.15, 0.2) is 11.5 Å². The van der Waals surface area contributed by atoms with Crippen LogP contribution in [0.3, 0.4) is 0 Å². The summed E-state index contributed by atoms with van der Waals surface area (Å²) in [6, 6.07) is 9.18. The molecule has 0 radical (unpaired) electrons. The normalized spacial score (nSPS) is 15.6. The molecule has 1 fully saturated rings. The summed E-state index contributed by atoms with van der Waals surface area (Å²) in [7, 11) is -4.38. The first-order chi connectivity index (χ1) is 20.2. The third kappa shape index (κ3) is 5.24. The van der Waals surface area contributed by atoms with Crippen molar-refractivity contribution in [3.05, 3.63) is 83.0 Å². The first-order valence-corrected chi connectivity index (χ1v) is 14.9. The number of pyridine rings is 1. The van der Waals surface area contributed by atoms with Crippen molar-refractivity contribution < 1.29 is 21.9 Å². The minimum absolute atomic E-state index is 0.000846. The summed E-state index contributed by atoms with van der Waals surface area (Å²) in [5.74, 6) is -2.14. The molecule has 0 aliphatic carbocycles. The van der Waals surface area contributed by atoms with Crippen molar-refractivity contribution in [2.75, 3.05) is 16.6 Å². The highest BCUT2D eigenvalue weighted by Crippen LogP contribution is 2.36. The van der Waals surface area contributed by atoms with Crippen molar-refractivity contribution in [3.63, 3.8) is 0 Å². The average molecular weight is 632 g/mol. The van der Waals surface area contributed by atoms with E-state index in [0.29, 0.717) is 29.0 Å². The molecule has 3 aromatic heterocycles. The molecule has 2 N–H and O–H groups in total. The number of hydrogen-bond acceptors (Lipinski definition) is 8. The van der Waals surface area contributed by atoms with E-state index < -0.39 is 33.0 Å². The zero-order chi connectivity index (χ0) is 29.4. The van der Waals surface area contributed by atoms with E-state index in [1.807, 2.05) is 4.57 Å². The second-order valence-electron chi connectivity index (χ2n) is 9.33. The summed E-state index contributed by atoms with van der Waals surface area (Å²) in [5.41, 5.74) is 0.578. The van der Waals surface area contributed by atoms with Crippen LogP contribution >= 0.6 is 23.2 Å². The van der Waals surface area contributed by atoms with Crippen molar-refractivity contribution in [2.45, 2.75) is 30.4 Å². The molecule has 2 aromatic carbocycles. The number of sulfonamides is 1. The lowest BCUT2D eigenvalue weighted by atomic mass is 10.1. The van der Waals surface area contributed by atoms with Crippen LogP contribution in [0.2, 0.25) is 10.0 Å². The Labute approximate surface area is 248 Å². The molecule has 216 valence electrons. The van der Waals surface area contributed by atoms with E-state index in [2.05, 4.69) is 30.0 Å². The third-order valence-electron chi connectivity index (χ3n) is 6.67. The van der Waals surface area contributed by atoms with Gasteiger partial charge in [-0.05, 0) is 55.7 Å². The van der Waals surface area contributed by atoms with Crippen molar-refractivity contribution in [1.29, 1.82) is 0 Å². The summed E-state index contributed by atoms with van der Waals surface area (Å²) in [6.45, 7) is 0.636. The molecule has 4 heterocycles. The smallest absolute Gasteiger partial charge is 0.263 e. The van der Waals surface area contributed by atoms with Gasteiger partial charge in [-0.2, -0.15) is 0 Å². The summed E-state index contributed by atoms with van der Waals surface area (Å²) in [5, 5.41) is 2.43. The Kier molecular flexibility index (Phi) is 7.66. The van der Waals surface area contributed by atoms with E-state index in [9.17, 15) is 12.8 Å². The number of fused-ring (bicyclic) bond motifs is 1. The number of nitrogens with zero attached hydrogens (tertiary/aromatic N) is 5. The number of imidazole rings is 1. The van der Waals surface area contributed by atoms with Crippen LogP contribution in [-0.2, 0) is 14.8 Å². The molecule has 0 amide bonds. The fourth-order valence-corrected chi connectivity index (χ4v) is 6.48. The second-order valence-corrected chi connectivity index (χ2v) is 11.8. The Morgan fingerprint density at radius 2 is 1.86 bits per heavy atom. The van der Waals surface area contributed by atoms with Gasteiger partial charge in [-0.15, -0.1) is 0 Å². The van der Waals surface area contributed by atoms with E-state index in [4.69, 9.17) is 27.9 Å². The standard InChI is InChI=1S/C27H21Cl2F2N7O3S/c28-16-6-3-7-19(21(16)29)42(39,40)37-18-10-9-17(30)24(22(18)31)36-26-15(5-4-11-32-26)23-25-27(34-13-33-23)38(14-35-25)20-8-1-2-12-41-20/h3-7,9-11,13-14,20,37H,1-2,8,12H2,(H,32,36). The van der Waals surface area contributed by atoms with E-state index in [0.717, 1.165) is 31.4 Å². The fraction of sp³-hybridized carbons (Fsp3) is 0.185. The van der Waals surface area contributed by atoms with Gasteiger partial charge in [-0.1, -0.05) is 29.3 Å². The lowest BCUT2D eigenvalue weighted by molar-refractivity contribution is -0.0298. The van der Waals surface area contributed by atoms with Crippen molar-refractivity contribution >= 4 is 61.6 Å². The van der Waals surface area contributed by atoms with Crippen LogP contribution in [0.15, 0.2) is 66.2 Å². The van der Waals surface area contributed by atoms with Gasteiger partial charge < -0.3 is 10.1 Å². The number of rotatable bonds is 7. The quantitative estimate of drug-likeness (QED) is 0.203. The van der Waals surface area contributed by atoms with Crippen molar-refractivity contribution in [3.8, 4) is 11.3 Å². The first kappa shape index (κ1) is 28.2. The third-order valence-corrected chi connectivity index (χ3v) is 9.01. The predicted molar refractivity (Wildman–Crippen MR) is 154 cm³/mol. The number of halogens is 4. The zero-order valence-electron chi connectivity index (χ0n) is 21.6. The highest BCUT2D eigenvalue weighted by Gasteiger charge is 2.25. The van der Waals surface area contributed by atoms with Gasteiger partial charge in [0.25, 0.3) is 10.0 Å². The number of hydrogen-bond donors (Lipinski definition) is 2. The SMILES string of the molecule is O=S(=O)(Nc1ccc(F)c(Nc2ncccc2-c2ncnc3c2ncn3C2CCCCO2)c1F)c1cccc(Cl)c1Cl. The summed E-state index contributed by atoms with van der Waals surface area (Å²) in [4.78, 5) is 17.2. The number of nitrogens with one attached hydrogen (secondary N) is 2. The molecule has 42 heavy (non-hydrogen) atoms. The number of aromatic nitrogens is 5. The Balaban J connectivity index is 1.36. The molecule has 10 nitrogen and oxygen atoms in total. The van der Waals surface area contributed by atoms with Crippen LogP contribution in [0.1, 0.15) is 25.5 Å². The molecule has 0 bridgehead atoms. The van der Waals surface area contributed by atoms with Crippen molar-refractivity contribution in [1.82, 2.24) is 24.5 Å². The molecule has 1 atom stereocenters. The minimum atomic E-state index is -4.38. The minimum Gasteiger partial charge on any atom is -0.358 e. The highest BCUT2D eigenvalue weighted by molar-refractivity contribution is 7.92. The maximum Gasteiger partial charge on any atom is 0.263 e. The maximum absolute atomic E-state index is 15.7.